The molecule has 194 valence electrons. The highest BCUT2D eigenvalue weighted by Gasteiger charge is 2.70. The molecule has 0 amide bonds. The molecule has 5 unspecified atom stereocenters. The molecule has 0 aromatic heterocycles. The van der Waals surface area contributed by atoms with Crippen molar-refractivity contribution in [1.29, 1.82) is 0 Å². The van der Waals surface area contributed by atoms with E-state index in [1.165, 1.54) is 41.7 Å². The Morgan fingerprint density at radius 3 is 2.61 bits per heavy atom. The molecule has 1 saturated heterocycles. The summed E-state index contributed by atoms with van der Waals surface area (Å²) in [7, 11) is 2.17. The van der Waals surface area contributed by atoms with Gasteiger partial charge in [0.05, 0.1) is 17.3 Å². The third-order valence-electron chi connectivity index (χ3n) is 9.58. The lowest BCUT2D eigenvalue weighted by molar-refractivity contribution is -0.114. The van der Waals surface area contributed by atoms with Gasteiger partial charge >= 0.3 is 0 Å². The van der Waals surface area contributed by atoms with E-state index >= 15 is 0 Å². The van der Waals surface area contributed by atoms with Crippen molar-refractivity contribution < 1.29 is 14.3 Å². The maximum atomic E-state index is 12.2. The average Bonchev–Trinajstić information content (AvgIpc) is 3.41. The summed E-state index contributed by atoms with van der Waals surface area (Å²) in [6.07, 6.45) is 9.98. The maximum absolute atomic E-state index is 12.2. The first-order valence-electron chi connectivity index (χ1n) is 14.3. The smallest absolute Gasteiger partial charge is 0.156 e. The number of hydrogen-bond donors (Lipinski definition) is 0. The summed E-state index contributed by atoms with van der Waals surface area (Å²) < 4.78 is 12.6. The SMILES string of the molecule is CC(C)COC(C)(C)CN(C)c1ccc(C2CC34OC3CCC4C3CCC4=CC(=O)CCC4=C23)cc1. The number of ketones is 1. The molecule has 4 heteroatoms. The van der Waals surface area contributed by atoms with E-state index in [9.17, 15) is 4.79 Å². The number of nitrogens with zero attached hydrogens (tertiary/aromatic N) is 1. The van der Waals surface area contributed by atoms with E-state index in [0.29, 0.717) is 42.0 Å². The minimum atomic E-state index is -0.195. The van der Waals surface area contributed by atoms with Crippen LogP contribution < -0.4 is 4.90 Å². The van der Waals surface area contributed by atoms with Crippen LogP contribution in [-0.4, -0.2) is 43.3 Å². The zero-order chi connectivity index (χ0) is 25.2. The van der Waals surface area contributed by atoms with Gasteiger partial charge in [-0.3, -0.25) is 4.79 Å². The van der Waals surface area contributed by atoms with Crippen LogP contribution in [0.3, 0.4) is 0 Å². The highest BCUT2D eigenvalue weighted by molar-refractivity contribution is 5.93. The molecule has 2 saturated carbocycles. The Hall–Kier alpha value is -1.91. The molecule has 0 bridgehead atoms. The van der Waals surface area contributed by atoms with Gasteiger partial charge < -0.3 is 14.4 Å². The summed E-state index contributed by atoms with van der Waals surface area (Å²) in [5.74, 6) is 2.56. The zero-order valence-electron chi connectivity index (χ0n) is 22.8. The predicted molar refractivity (Wildman–Crippen MR) is 144 cm³/mol. The monoisotopic (exact) mass is 489 g/mol. The molecule has 6 rings (SSSR count). The van der Waals surface area contributed by atoms with Crippen molar-refractivity contribution in [2.75, 3.05) is 25.1 Å². The number of carbonyl (C=O) groups is 1. The van der Waals surface area contributed by atoms with Crippen LogP contribution >= 0.6 is 0 Å². The molecule has 1 aromatic carbocycles. The van der Waals surface area contributed by atoms with Gasteiger partial charge in [0.1, 0.15) is 0 Å². The molecule has 5 atom stereocenters. The van der Waals surface area contributed by atoms with Crippen LogP contribution in [0.1, 0.15) is 84.1 Å². The minimum absolute atomic E-state index is 0.123. The van der Waals surface area contributed by atoms with Gasteiger partial charge in [-0.05, 0) is 105 Å². The number of anilines is 1. The van der Waals surface area contributed by atoms with Crippen LogP contribution in [0.2, 0.25) is 0 Å². The van der Waals surface area contributed by atoms with Gasteiger partial charge in [-0.2, -0.15) is 0 Å². The summed E-state index contributed by atoms with van der Waals surface area (Å²) in [5.41, 5.74) is 7.11. The summed E-state index contributed by atoms with van der Waals surface area (Å²) in [5, 5.41) is 0. The number of hydrogen-bond acceptors (Lipinski definition) is 4. The largest absolute Gasteiger partial charge is 0.373 e. The van der Waals surface area contributed by atoms with E-state index in [2.05, 4.69) is 63.9 Å². The van der Waals surface area contributed by atoms with Crippen molar-refractivity contribution in [1.82, 2.24) is 0 Å². The Morgan fingerprint density at radius 2 is 1.89 bits per heavy atom. The van der Waals surface area contributed by atoms with Crippen LogP contribution in [0.4, 0.5) is 5.69 Å². The van der Waals surface area contributed by atoms with E-state index in [4.69, 9.17) is 9.47 Å². The molecule has 1 heterocycles. The molecular weight excluding hydrogens is 446 g/mol. The number of epoxide rings is 1. The molecule has 1 spiro atoms. The van der Waals surface area contributed by atoms with Gasteiger partial charge in [-0.1, -0.05) is 31.6 Å². The maximum Gasteiger partial charge on any atom is 0.156 e. The second-order valence-corrected chi connectivity index (χ2v) is 13.1. The van der Waals surface area contributed by atoms with Crippen LogP contribution in [0, 0.1) is 17.8 Å². The van der Waals surface area contributed by atoms with E-state index in [0.717, 1.165) is 32.4 Å². The van der Waals surface area contributed by atoms with E-state index in [1.807, 2.05) is 6.08 Å². The number of ether oxygens (including phenoxy) is 2. The molecule has 5 aliphatic rings. The predicted octanol–water partition coefficient (Wildman–Crippen LogP) is 6.60. The van der Waals surface area contributed by atoms with E-state index in [-0.39, 0.29) is 11.2 Å². The fourth-order valence-corrected chi connectivity index (χ4v) is 7.99. The van der Waals surface area contributed by atoms with Gasteiger partial charge in [0.25, 0.3) is 0 Å². The van der Waals surface area contributed by atoms with E-state index in [1.54, 1.807) is 5.57 Å². The second-order valence-electron chi connectivity index (χ2n) is 13.1. The summed E-state index contributed by atoms with van der Waals surface area (Å²) in [6, 6.07) is 9.31. The fourth-order valence-electron chi connectivity index (χ4n) is 7.99. The third-order valence-corrected chi connectivity index (χ3v) is 9.58. The first-order chi connectivity index (χ1) is 17.2. The van der Waals surface area contributed by atoms with Gasteiger partial charge in [-0.15, -0.1) is 0 Å². The van der Waals surface area contributed by atoms with E-state index < -0.39 is 0 Å². The number of benzene rings is 1. The lowest BCUT2D eigenvalue weighted by Crippen LogP contribution is -2.41. The van der Waals surface area contributed by atoms with Crippen molar-refractivity contribution >= 4 is 11.5 Å². The van der Waals surface area contributed by atoms with Crippen LogP contribution in [0.5, 0.6) is 0 Å². The van der Waals surface area contributed by atoms with Crippen molar-refractivity contribution in [3.05, 3.63) is 52.6 Å². The highest BCUT2D eigenvalue weighted by Crippen LogP contribution is 2.68. The molecule has 1 aromatic rings. The molecule has 0 radical (unpaired) electrons. The van der Waals surface area contributed by atoms with Crippen LogP contribution in [0.25, 0.3) is 0 Å². The van der Waals surface area contributed by atoms with Crippen molar-refractivity contribution in [3.8, 4) is 0 Å². The second kappa shape index (κ2) is 8.84. The third kappa shape index (κ3) is 4.19. The minimum Gasteiger partial charge on any atom is -0.373 e. The molecule has 3 fully saturated rings. The van der Waals surface area contributed by atoms with Gasteiger partial charge in [0, 0.05) is 38.2 Å². The summed E-state index contributed by atoms with van der Waals surface area (Å²) in [6.45, 7) is 10.4. The first kappa shape index (κ1) is 24.4. The van der Waals surface area contributed by atoms with Crippen LogP contribution in [0.15, 0.2) is 47.1 Å². The Labute approximate surface area is 217 Å². The average molecular weight is 490 g/mol. The Morgan fingerprint density at radius 1 is 1.11 bits per heavy atom. The number of likely N-dealkylation sites (N-methyl/N-ethyl adjacent to an activating group) is 1. The summed E-state index contributed by atoms with van der Waals surface area (Å²) in [4.78, 5) is 14.5. The van der Waals surface area contributed by atoms with Crippen molar-refractivity contribution in [2.24, 2.45) is 17.8 Å². The highest BCUT2D eigenvalue weighted by atomic mass is 16.6. The Kier molecular flexibility index (Phi) is 6.00. The van der Waals surface area contributed by atoms with Gasteiger partial charge in [0.15, 0.2) is 5.78 Å². The van der Waals surface area contributed by atoms with Crippen molar-refractivity contribution in [3.63, 3.8) is 0 Å². The number of fused-ring (bicyclic) bond motifs is 3. The van der Waals surface area contributed by atoms with Gasteiger partial charge in [-0.25, -0.2) is 0 Å². The normalized spacial score (nSPS) is 33.1. The number of allylic oxidation sites excluding steroid dienone is 4. The van der Waals surface area contributed by atoms with Crippen molar-refractivity contribution in [2.45, 2.75) is 95.9 Å². The Bertz CT molecular complexity index is 1100. The molecular formula is C32H43NO3. The Balaban J connectivity index is 1.28. The van der Waals surface area contributed by atoms with Gasteiger partial charge in [0.2, 0.25) is 0 Å². The summed E-state index contributed by atoms with van der Waals surface area (Å²) >= 11 is 0. The molecule has 0 N–H and O–H groups in total. The molecule has 1 aliphatic heterocycles. The molecule has 4 nitrogen and oxygen atoms in total. The molecule has 36 heavy (non-hydrogen) atoms. The first-order valence-corrected chi connectivity index (χ1v) is 14.3. The standard InChI is InChI=1S/C32H43NO3/c1-20(2)18-35-31(3,4)19-33(5)23-9-6-21(7-10-23)27-17-32-28(14-15-29(32)36-32)26-12-8-22-16-24(34)11-13-25(22)30(26)27/h6-7,9-10,16,20,26-29H,8,11-15,17-19H2,1-5H3. The zero-order valence-corrected chi connectivity index (χ0v) is 22.8. The topological polar surface area (TPSA) is 42.1 Å². The quantitative estimate of drug-likeness (QED) is 0.405. The fraction of sp³-hybridized carbons (Fsp3) is 0.656. The molecule has 4 aliphatic carbocycles. The number of carbonyl (C=O) groups excluding carboxylic acids is 1. The number of rotatable bonds is 7. The lowest BCUT2D eigenvalue weighted by Gasteiger charge is -2.46. The lowest BCUT2D eigenvalue weighted by atomic mass is 9.58. The van der Waals surface area contributed by atoms with Crippen LogP contribution in [-0.2, 0) is 14.3 Å².